The molecule has 0 bridgehead atoms. The molecule has 1 unspecified atom stereocenters. The Labute approximate surface area is 152 Å². The number of rotatable bonds is 6. The molecule has 1 saturated heterocycles. The summed E-state index contributed by atoms with van der Waals surface area (Å²) in [6, 6.07) is 6.46. The smallest absolute Gasteiger partial charge is 0.267 e. The lowest BCUT2D eigenvalue weighted by Crippen LogP contribution is -2.29. The second-order valence-electron chi connectivity index (χ2n) is 5.90. The first-order valence-corrected chi connectivity index (χ1v) is 9.69. The van der Waals surface area contributed by atoms with Gasteiger partial charge in [0.25, 0.3) is 5.91 Å². The first kappa shape index (κ1) is 19.6. The van der Waals surface area contributed by atoms with Crippen LogP contribution in [0.25, 0.3) is 0 Å². The van der Waals surface area contributed by atoms with E-state index in [2.05, 4.69) is 5.32 Å². The summed E-state index contributed by atoms with van der Waals surface area (Å²) in [7, 11) is 1.60. The van der Waals surface area contributed by atoms with Gasteiger partial charge in [-0.05, 0) is 18.6 Å². The molecule has 1 amide bonds. The Morgan fingerprint density at radius 1 is 1.35 bits per heavy atom. The van der Waals surface area contributed by atoms with Gasteiger partial charge in [0.05, 0.1) is 25.7 Å². The Morgan fingerprint density at radius 2 is 2.04 bits per heavy atom. The number of hydrogen-bond acceptors (Lipinski definition) is 7. The minimum Gasteiger partial charge on any atom is -0.493 e. The number of carbonyl (C=O) groups excluding carboxylic acids is 1. The molecule has 0 spiro atoms. The van der Waals surface area contributed by atoms with Gasteiger partial charge in [0.2, 0.25) is 0 Å². The van der Waals surface area contributed by atoms with Crippen molar-refractivity contribution >= 4 is 21.4 Å². The maximum atomic E-state index is 12.4. The normalized spacial score (nSPS) is 18.7. The Morgan fingerprint density at radius 3 is 2.58 bits per heavy atom. The number of nitrogens with zero attached hydrogens (tertiary/aromatic N) is 2. The first-order chi connectivity index (χ1) is 12.3. The molecule has 1 aromatic carbocycles. The van der Waals surface area contributed by atoms with E-state index in [1.807, 2.05) is 6.07 Å². The van der Waals surface area contributed by atoms with Crippen LogP contribution < -0.4 is 14.8 Å². The van der Waals surface area contributed by atoms with Crippen molar-refractivity contribution in [2.75, 3.05) is 38.1 Å². The third-order valence-electron chi connectivity index (χ3n) is 4.12. The fourth-order valence-corrected chi connectivity index (χ4v) is 4.44. The molecule has 0 aliphatic carbocycles. The van der Waals surface area contributed by atoms with Gasteiger partial charge in [-0.15, -0.1) is 0 Å². The maximum Gasteiger partial charge on any atom is 0.267 e. The van der Waals surface area contributed by atoms with Crippen LogP contribution in [0, 0.1) is 11.3 Å². The summed E-state index contributed by atoms with van der Waals surface area (Å²) in [5.41, 5.74) is 0.325. The molecule has 2 rings (SSSR count). The van der Waals surface area contributed by atoms with Gasteiger partial charge in [-0.3, -0.25) is 4.79 Å². The minimum absolute atomic E-state index is 0.0238. The maximum absolute atomic E-state index is 12.4. The van der Waals surface area contributed by atoms with E-state index in [9.17, 15) is 18.5 Å². The van der Waals surface area contributed by atoms with Crippen molar-refractivity contribution in [2.24, 2.45) is 0 Å². The second kappa shape index (κ2) is 8.10. The van der Waals surface area contributed by atoms with E-state index in [4.69, 9.17) is 9.47 Å². The Bertz CT molecular complexity index is 858. The average molecular weight is 379 g/mol. The Hall–Kier alpha value is -2.73. The lowest BCUT2D eigenvalue weighted by Gasteiger charge is -2.21. The molecule has 1 heterocycles. The van der Waals surface area contributed by atoms with E-state index >= 15 is 0 Å². The van der Waals surface area contributed by atoms with Crippen LogP contribution in [-0.2, 0) is 14.6 Å². The molecule has 1 N–H and O–H groups in total. The van der Waals surface area contributed by atoms with Crippen LogP contribution in [0.3, 0.4) is 0 Å². The van der Waals surface area contributed by atoms with Gasteiger partial charge in [0, 0.05) is 31.0 Å². The molecule has 0 saturated carbocycles. The highest BCUT2D eigenvalue weighted by molar-refractivity contribution is 7.91. The zero-order valence-electron chi connectivity index (χ0n) is 14.9. The highest BCUT2D eigenvalue weighted by Gasteiger charge is 2.30. The van der Waals surface area contributed by atoms with Crippen molar-refractivity contribution in [3.8, 4) is 17.6 Å². The van der Waals surface area contributed by atoms with Crippen molar-refractivity contribution in [3.63, 3.8) is 0 Å². The fourth-order valence-electron chi connectivity index (χ4n) is 2.66. The molecule has 1 atom stereocenters. The number of nitriles is 1. The van der Waals surface area contributed by atoms with E-state index < -0.39 is 15.7 Å². The summed E-state index contributed by atoms with van der Waals surface area (Å²) < 4.78 is 33.5. The molecule has 1 aliphatic rings. The zero-order valence-corrected chi connectivity index (χ0v) is 15.7. The molecule has 0 radical (unpaired) electrons. The van der Waals surface area contributed by atoms with Gasteiger partial charge < -0.3 is 19.7 Å². The van der Waals surface area contributed by atoms with Crippen LogP contribution in [0.15, 0.2) is 30.0 Å². The number of ether oxygens (including phenoxy) is 2. The summed E-state index contributed by atoms with van der Waals surface area (Å²) in [5, 5.41) is 11.9. The zero-order chi connectivity index (χ0) is 19.3. The van der Waals surface area contributed by atoms with Crippen LogP contribution in [0.5, 0.6) is 11.5 Å². The van der Waals surface area contributed by atoms with Gasteiger partial charge >= 0.3 is 0 Å². The minimum atomic E-state index is -3.05. The van der Waals surface area contributed by atoms with Gasteiger partial charge in [0.1, 0.15) is 11.6 Å². The van der Waals surface area contributed by atoms with Crippen LogP contribution in [0.2, 0.25) is 0 Å². The third-order valence-corrected chi connectivity index (χ3v) is 5.87. The molecule has 26 heavy (non-hydrogen) atoms. The predicted octanol–water partition coefficient (Wildman–Crippen LogP) is 1.17. The van der Waals surface area contributed by atoms with Crippen molar-refractivity contribution in [1.82, 2.24) is 4.90 Å². The van der Waals surface area contributed by atoms with Crippen molar-refractivity contribution in [1.29, 1.82) is 5.26 Å². The molecule has 1 aliphatic heterocycles. The van der Waals surface area contributed by atoms with Gasteiger partial charge in [0.15, 0.2) is 21.3 Å². The van der Waals surface area contributed by atoms with Crippen LogP contribution in [0.1, 0.15) is 6.42 Å². The number of anilines is 1. The van der Waals surface area contributed by atoms with Crippen LogP contribution >= 0.6 is 0 Å². The standard InChI is InChI=1S/C17H21N3O5S/c1-20(14-6-7-26(22,23)11-14)10-12(9-18)17(21)19-13-4-5-15(24-2)16(8-13)25-3/h4-5,8,10,14H,6-7,11H2,1-3H3,(H,19,21)/b12-10-. The van der Waals surface area contributed by atoms with Gasteiger partial charge in [-0.25, -0.2) is 8.42 Å². The van der Waals surface area contributed by atoms with E-state index in [0.29, 0.717) is 23.6 Å². The number of methoxy groups -OCH3 is 2. The van der Waals surface area contributed by atoms with E-state index in [-0.39, 0.29) is 23.1 Å². The monoisotopic (exact) mass is 379 g/mol. The predicted molar refractivity (Wildman–Crippen MR) is 96.7 cm³/mol. The van der Waals surface area contributed by atoms with Crippen molar-refractivity contribution < 1.29 is 22.7 Å². The number of sulfone groups is 1. The van der Waals surface area contributed by atoms with Gasteiger partial charge in [-0.1, -0.05) is 0 Å². The molecule has 1 fully saturated rings. The average Bonchev–Trinajstić information content (AvgIpc) is 2.99. The fraction of sp³-hybridized carbons (Fsp3) is 0.412. The summed E-state index contributed by atoms with van der Waals surface area (Å²) >= 11 is 0. The SMILES string of the molecule is COc1ccc(NC(=O)/C(C#N)=C\N(C)C2CCS(=O)(=O)C2)cc1OC. The van der Waals surface area contributed by atoms with E-state index in [1.54, 1.807) is 30.1 Å². The molecule has 9 heteroatoms. The summed E-state index contributed by atoms with van der Waals surface area (Å²) in [6.45, 7) is 0. The third kappa shape index (κ3) is 4.67. The summed E-state index contributed by atoms with van der Waals surface area (Å²) in [5.74, 6) is 0.517. The topological polar surface area (TPSA) is 109 Å². The number of amides is 1. The molecule has 8 nitrogen and oxygen atoms in total. The van der Waals surface area contributed by atoms with E-state index in [0.717, 1.165) is 0 Å². The number of benzene rings is 1. The van der Waals surface area contributed by atoms with Crippen molar-refractivity contribution in [3.05, 3.63) is 30.0 Å². The molecular weight excluding hydrogens is 358 g/mol. The largest absolute Gasteiger partial charge is 0.493 e. The van der Waals surface area contributed by atoms with E-state index in [1.165, 1.54) is 20.4 Å². The summed E-state index contributed by atoms with van der Waals surface area (Å²) in [4.78, 5) is 14.0. The van der Waals surface area contributed by atoms with Crippen LogP contribution in [-0.4, -0.2) is 58.0 Å². The highest BCUT2D eigenvalue weighted by Crippen LogP contribution is 2.29. The lowest BCUT2D eigenvalue weighted by molar-refractivity contribution is -0.112. The number of hydrogen-bond donors (Lipinski definition) is 1. The second-order valence-corrected chi connectivity index (χ2v) is 8.13. The van der Waals surface area contributed by atoms with Crippen molar-refractivity contribution in [2.45, 2.75) is 12.5 Å². The lowest BCUT2D eigenvalue weighted by atomic mass is 10.2. The number of nitrogens with one attached hydrogen (secondary N) is 1. The Kier molecular flexibility index (Phi) is 6.10. The molecule has 1 aromatic rings. The molecule has 140 valence electrons. The number of carbonyl (C=O) groups is 1. The molecule has 0 aromatic heterocycles. The molecular formula is C17H21N3O5S. The first-order valence-electron chi connectivity index (χ1n) is 7.87. The summed E-state index contributed by atoms with van der Waals surface area (Å²) in [6.07, 6.45) is 1.85. The van der Waals surface area contributed by atoms with Crippen LogP contribution in [0.4, 0.5) is 5.69 Å². The quantitative estimate of drug-likeness (QED) is 0.584. The Balaban J connectivity index is 2.12. The van der Waals surface area contributed by atoms with Gasteiger partial charge in [-0.2, -0.15) is 5.26 Å². The highest BCUT2D eigenvalue weighted by atomic mass is 32.2.